The van der Waals surface area contributed by atoms with Crippen molar-refractivity contribution in [3.8, 4) is 0 Å². The van der Waals surface area contributed by atoms with E-state index in [1.165, 1.54) is 6.21 Å². The minimum atomic E-state index is 0.703. The lowest BCUT2D eigenvalue weighted by Crippen LogP contribution is -1.94. The van der Waals surface area contributed by atoms with E-state index in [4.69, 9.17) is 5.41 Å². The van der Waals surface area contributed by atoms with Gasteiger partial charge in [-0.3, -0.25) is 4.98 Å². The molecule has 0 spiro atoms. The molecule has 0 aliphatic rings. The second kappa shape index (κ2) is 3.81. The summed E-state index contributed by atoms with van der Waals surface area (Å²) in [6.45, 7) is 5.78. The van der Waals surface area contributed by atoms with Crippen LogP contribution in [0.4, 0.5) is 0 Å². The first-order valence-electron chi connectivity index (χ1n) is 3.83. The second-order valence-corrected chi connectivity index (χ2v) is 2.83. The maximum absolute atomic E-state index is 7.01. The van der Waals surface area contributed by atoms with Gasteiger partial charge in [-0.05, 0) is 19.1 Å². The number of rotatable bonds is 3. The number of pyridine rings is 1. The number of allylic oxidation sites excluding steroid dienone is 1. The first-order valence-corrected chi connectivity index (χ1v) is 3.83. The van der Waals surface area contributed by atoms with E-state index < -0.39 is 0 Å². The molecule has 0 aliphatic heterocycles. The van der Waals surface area contributed by atoms with Crippen molar-refractivity contribution in [2.24, 2.45) is 0 Å². The summed E-state index contributed by atoms with van der Waals surface area (Å²) >= 11 is 0. The van der Waals surface area contributed by atoms with Crippen LogP contribution in [0.2, 0.25) is 0 Å². The molecule has 0 aromatic carbocycles. The molecule has 0 bridgehead atoms. The zero-order valence-corrected chi connectivity index (χ0v) is 7.17. The summed E-state index contributed by atoms with van der Waals surface area (Å²) in [6, 6.07) is 5.67. The molecule has 0 atom stereocenters. The van der Waals surface area contributed by atoms with Gasteiger partial charge in [0.05, 0.1) is 5.69 Å². The molecule has 0 aliphatic carbocycles. The SMILES string of the molecule is C=C(C)Cc1cccc(C=N)n1. The second-order valence-electron chi connectivity index (χ2n) is 2.83. The Morgan fingerprint density at radius 1 is 1.67 bits per heavy atom. The molecule has 2 nitrogen and oxygen atoms in total. The van der Waals surface area contributed by atoms with E-state index in [9.17, 15) is 0 Å². The van der Waals surface area contributed by atoms with Crippen molar-refractivity contribution in [1.82, 2.24) is 4.98 Å². The Labute approximate surface area is 72.5 Å². The van der Waals surface area contributed by atoms with Crippen LogP contribution >= 0.6 is 0 Å². The molecule has 1 N–H and O–H groups in total. The van der Waals surface area contributed by atoms with Crippen LogP contribution < -0.4 is 0 Å². The van der Waals surface area contributed by atoms with E-state index in [2.05, 4.69) is 11.6 Å². The Morgan fingerprint density at radius 3 is 3.00 bits per heavy atom. The van der Waals surface area contributed by atoms with Gasteiger partial charge in [-0.1, -0.05) is 18.2 Å². The highest BCUT2D eigenvalue weighted by Gasteiger charge is 1.95. The lowest BCUT2D eigenvalue weighted by atomic mass is 10.2. The summed E-state index contributed by atoms with van der Waals surface area (Å²) in [5.41, 5.74) is 2.77. The van der Waals surface area contributed by atoms with Gasteiger partial charge in [-0.15, -0.1) is 0 Å². The fraction of sp³-hybridized carbons (Fsp3) is 0.200. The summed E-state index contributed by atoms with van der Waals surface area (Å²) < 4.78 is 0. The Morgan fingerprint density at radius 2 is 2.42 bits per heavy atom. The Hall–Kier alpha value is -1.44. The first kappa shape index (κ1) is 8.65. The highest BCUT2D eigenvalue weighted by molar-refractivity contribution is 5.73. The largest absolute Gasteiger partial charge is 0.307 e. The molecule has 0 amide bonds. The van der Waals surface area contributed by atoms with Crippen molar-refractivity contribution < 1.29 is 0 Å². The van der Waals surface area contributed by atoms with Gasteiger partial charge in [-0.2, -0.15) is 0 Å². The molecule has 1 rings (SSSR count). The number of nitrogens with zero attached hydrogens (tertiary/aromatic N) is 1. The topological polar surface area (TPSA) is 36.7 Å². The summed E-state index contributed by atoms with van der Waals surface area (Å²) in [4.78, 5) is 4.23. The molecule has 12 heavy (non-hydrogen) atoms. The van der Waals surface area contributed by atoms with Gasteiger partial charge in [0.1, 0.15) is 0 Å². The first-order chi connectivity index (χ1) is 5.72. The van der Waals surface area contributed by atoms with Crippen LogP contribution in [-0.4, -0.2) is 11.2 Å². The van der Waals surface area contributed by atoms with Crippen LogP contribution in [0.5, 0.6) is 0 Å². The van der Waals surface area contributed by atoms with Gasteiger partial charge >= 0.3 is 0 Å². The van der Waals surface area contributed by atoms with Crippen LogP contribution in [0, 0.1) is 5.41 Å². The third kappa shape index (κ3) is 2.31. The highest BCUT2D eigenvalue weighted by Crippen LogP contribution is 2.03. The number of aromatic nitrogens is 1. The maximum atomic E-state index is 7.01. The van der Waals surface area contributed by atoms with Crippen LogP contribution in [0.3, 0.4) is 0 Å². The van der Waals surface area contributed by atoms with Gasteiger partial charge in [0, 0.05) is 18.3 Å². The molecule has 0 fully saturated rings. The third-order valence-electron chi connectivity index (χ3n) is 1.46. The van der Waals surface area contributed by atoms with Crippen molar-refractivity contribution in [2.75, 3.05) is 0 Å². The molecule has 0 radical (unpaired) electrons. The monoisotopic (exact) mass is 160 g/mol. The summed E-state index contributed by atoms with van der Waals surface area (Å²) in [6.07, 6.45) is 2.05. The van der Waals surface area contributed by atoms with Gasteiger partial charge in [0.2, 0.25) is 0 Å². The molecule has 0 unspecified atom stereocenters. The molecule has 0 saturated heterocycles. The fourth-order valence-corrected chi connectivity index (χ4v) is 0.986. The summed E-state index contributed by atoms with van der Waals surface area (Å²) in [7, 11) is 0. The minimum absolute atomic E-state index is 0.703. The third-order valence-corrected chi connectivity index (χ3v) is 1.46. The zero-order chi connectivity index (χ0) is 8.97. The molecule has 1 aromatic rings. The van der Waals surface area contributed by atoms with E-state index in [0.717, 1.165) is 17.7 Å². The molecule has 0 saturated carbocycles. The van der Waals surface area contributed by atoms with Crippen LogP contribution in [0.1, 0.15) is 18.3 Å². The number of hydrogen-bond acceptors (Lipinski definition) is 2. The number of nitrogens with one attached hydrogen (secondary N) is 1. The predicted molar refractivity (Wildman–Crippen MR) is 50.6 cm³/mol. The average molecular weight is 160 g/mol. The average Bonchev–Trinajstić information content (AvgIpc) is 2.03. The lowest BCUT2D eigenvalue weighted by Gasteiger charge is -1.99. The van der Waals surface area contributed by atoms with E-state index in [1.807, 2.05) is 25.1 Å². The quantitative estimate of drug-likeness (QED) is 0.534. The normalized spacial score (nSPS) is 9.42. The minimum Gasteiger partial charge on any atom is -0.307 e. The molecule has 1 heterocycles. The van der Waals surface area contributed by atoms with Gasteiger partial charge in [0.15, 0.2) is 0 Å². The van der Waals surface area contributed by atoms with E-state index >= 15 is 0 Å². The molecular weight excluding hydrogens is 148 g/mol. The van der Waals surface area contributed by atoms with Crippen LogP contribution in [0.15, 0.2) is 30.4 Å². The van der Waals surface area contributed by atoms with E-state index in [1.54, 1.807) is 0 Å². The van der Waals surface area contributed by atoms with Crippen LogP contribution in [-0.2, 0) is 6.42 Å². The van der Waals surface area contributed by atoms with Crippen molar-refractivity contribution in [3.05, 3.63) is 41.7 Å². The van der Waals surface area contributed by atoms with Gasteiger partial charge < -0.3 is 5.41 Å². The van der Waals surface area contributed by atoms with Crippen molar-refractivity contribution >= 4 is 6.21 Å². The zero-order valence-electron chi connectivity index (χ0n) is 7.17. The van der Waals surface area contributed by atoms with Crippen molar-refractivity contribution in [3.63, 3.8) is 0 Å². The highest BCUT2D eigenvalue weighted by atomic mass is 14.7. The van der Waals surface area contributed by atoms with Gasteiger partial charge in [0.25, 0.3) is 0 Å². The molecular formula is C10H12N2. The standard InChI is InChI=1S/C10H12N2/c1-8(2)6-9-4-3-5-10(7-11)12-9/h3-5,7,11H,1,6H2,2H3. The van der Waals surface area contributed by atoms with Crippen molar-refractivity contribution in [2.45, 2.75) is 13.3 Å². The van der Waals surface area contributed by atoms with E-state index in [-0.39, 0.29) is 0 Å². The maximum Gasteiger partial charge on any atom is 0.0808 e. The Balaban J connectivity index is 2.86. The van der Waals surface area contributed by atoms with Crippen molar-refractivity contribution in [1.29, 1.82) is 5.41 Å². The molecule has 1 aromatic heterocycles. The molecule has 62 valence electrons. The smallest absolute Gasteiger partial charge is 0.0808 e. The molecule has 2 heteroatoms. The predicted octanol–water partition coefficient (Wildman–Crippen LogP) is 2.20. The Bertz CT molecular complexity index is 302. The van der Waals surface area contributed by atoms with Crippen LogP contribution in [0.25, 0.3) is 0 Å². The summed E-state index contributed by atoms with van der Waals surface area (Å²) in [5, 5.41) is 7.01. The lowest BCUT2D eigenvalue weighted by molar-refractivity contribution is 1.05. The Kier molecular flexibility index (Phi) is 2.75. The summed E-state index contributed by atoms with van der Waals surface area (Å²) in [5.74, 6) is 0. The van der Waals surface area contributed by atoms with E-state index in [0.29, 0.717) is 5.69 Å². The van der Waals surface area contributed by atoms with Gasteiger partial charge in [-0.25, -0.2) is 0 Å². The number of hydrogen-bond donors (Lipinski definition) is 1. The fourth-order valence-electron chi connectivity index (χ4n) is 0.986.